The average molecular weight is 349 g/mol. The van der Waals surface area contributed by atoms with Gasteiger partial charge in [-0.1, -0.05) is 18.2 Å². The van der Waals surface area contributed by atoms with E-state index in [4.69, 9.17) is 9.26 Å². The molecule has 2 unspecified atom stereocenters. The first kappa shape index (κ1) is 14.0. The largest absolute Gasteiger partial charge is 0.368 e. The van der Waals surface area contributed by atoms with Crippen molar-refractivity contribution in [1.82, 2.24) is 19.7 Å². The maximum Gasteiger partial charge on any atom is 0.290 e. The zero-order valence-electron chi connectivity index (χ0n) is 13.8. The Bertz CT molecular complexity index is 1000. The first-order chi connectivity index (χ1) is 12.9. The van der Waals surface area contributed by atoms with E-state index in [1.807, 2.05) is 27.9 Å². The van der Waals surface area contributed by atoms with Crippen LogP contribution in [0.15, 0.2) is 46.3 Å². The van der Waals surface area contributed by atoms with Crippen molar-refractivity contribution >= 4 is 18.1 Å². The highest BCUT2D eigenvalue weighted by atomic mass is 16.5. The van der Waals surface area contributed by atoms with Crippen LogP contribution >= 0.6 is 0 Å². The molecule has 3 aromatic rings. The summed E-state index contributed by atoms with van der Waals surface area (Å²) < 4.78 is 13.1. The van der Waals surface area contributed by atoms with Gasteiger partial charge >= 0.3 is 0 Å². The number of hydrazine groups is 1. The highest BCUT2D eigenvalue weighted by Gasteiger charge is 2.40. The van der Waals surface area contributed by atoms with Crippen molar-refractivity contribution < 1.29 is 9.26 Å². The lowest BCUT2D eigenvalue weighted by molar-refractivity contribution is 0.0835. The number of para-hydroxylation sites is 1. The number of ether oxygens (including phenoxy) is 1. The van der Waals surface area contributed by atoms with E-state index in [0.29, 0.717) is 11.8 Å². The molecule has 0 bridgehead atoms. The molecule has 3 aliphatic heterocycles. The van der Waals surface area contributed by atoms with Crippen LogP contribution in [0.5, 0.6) is 0 Å². The zero-order valence-corrected chi connectivity index (χ0v) is 13.8. The Morgan fingerprint density at radius 1 is 1.19 bits per heavy atom. The third kappa shape index (κ3) is 1.83. The van der Waals surface area contributed by atoms with Crippen molar-refractivity contribution in [2.45, 2.75) is 25.1 Å². The molecule has 6 rings (SSSR count). The fourth-order valence-electron chi connectivity index (χ4n) is 3.75. The highest BCUT2D eigenvalue weighted by Crippen LogP contribution is 2.42. The van der Waals surface area contributed by atoms with Crippen LogP contribution in [0.1, 0.15) is 36.6 Å². The molecule has 9 heteroatoms. The maximum absolute atomic E-state index is 5.64. The number of anilines is 2. The molecule has 2 aromatic heterocycles. The summed E-state index contributed by atoms with van der Waals surface area (Å²) in [5.41, 5.74) is 2.17. The van der Waals surface area contributed by atoms with Crippen LogP contribution in [0.2, 0.25) is 0 Å². The van der Waals surface area contributed by atoms with E-state index in [9.17, 15) is 0 Å². The summed E-state index contributed by atoms with van der Waals surface area (Å²) in [6.45, 7) is 0.734. The average Bonchev–Trinajstić information content (AvgIpc) is 3.47. The Kier molecular flexibility index (Phi) is 2.78. The van der Waals surface area contributed by atoms with Crippen LogP contribution in [0.4, 0.5) is 11.8 Å². The van der Waals surface area contributed by atoms with Gasteiger partial charge < -0.3 is 9.26 Å². The van der Waals surface area contributed by atoms with Gasteiger partial charge in [-0.15, -0.1) is 0 Å². The number of aliphatic imine (C=N–C) groups is 1. The minimum atomic E-state index is -0.180. The second-order valence-corrected chi connectivity index (χ2v) is 6.44. The Morgan fingerprint density at radius 2 is 2.15 bits per heavy atom. The number of rotatable bonds is 2. The van der Waals surface area contributed by atoms with E-state index in [1.165, 1.54) is 0 Å². The third-order valence-electron chi connectivity index (χ3n) is 4.95. The van der Waals surface area contributed by atoms with Crippen LogP contribution in [0, 0.1) is 0 Å². The summed E-state index contributed by atoms with van der Waals surface area (Å²) in [5.74, 6) is 1.85. The van der Waals surface area contributed by atoms with Gasteiger partial charge in [-0.25, -0.2) is 20.0 Å². The van der Waals surface area contributed by atoms with Crippen LogP contribution in [0.3, 0.4) is 0 Å². The predicted octanol–water partition coefficient (Wildman–Crippen LogP) is 2.39. The number of hydrogen-bond donors (Lipinski definition) is 0. The molecule has 26 heavy (non-hydrogen) atoms. The minimum Gasteiger partial charge on any atom is -0.368 e. The molecule has 1 fully saturated rings. The summed E-state index contributed by atoms with van der Waals surface area (Å²) >= 11 is 0. The topological polar surface area (TPSA) is 84.8 Å². The summed E-state index contributed by atoms with van der Waals surface area (Å²) in [6.07, 6.45) is 6.97. The lowest BCUT2D eigenvalue weighted by Crippen LogP contribution is -2.43. The summed E-state index contributed by atoms with van der Waals surface area (Å²) in [6, 6.07) is 8.17. The molecule has 0 radical (unpaired) electrons. The third-order valence-corrected chi connectivity index (χ3v) is 4.95. The van der Waals surface area contributed by atoms with Crippen molar-refractivity contribution in [1.29, 1.82) is 0 Å². The van der Waals surface area contributed by atoms with Gasteiger partial charge in [-0.05, 0) is 24.1 Å². The fourth-order valence-corrected chi connectivity index (χ4v) is 3.75. The first-order valence-corrected chi connectivity index (χ1v) is 8.59. The normalized spacial score (nSPS) is 23.2. The summed E-state index contributed by atoms with van der Waals surface area (Å²) in [7, 11) is 0. The van der Waals surface area contributed by atoms with E-state index in [2.05, 4.69) is 32.2 Å². The molecule has 1 saturated heterocycles. The molecule has 3 aliphatic rings. The van der Waals surface area contributed by atoms with Gasteiger partial charge in [0.2, 0.25) is 0 Å². The van der Waals surface area contributed by atoms with Crippen LogP contribution in [-0.4, -0.2) is 32.6 Å². The van der Waals surface area contributed by atoms with Crippen molar-refractivity contribution in [3.8, 4) is 5.69 Å². The van der Waals surface area contributed by atoms with Crippen molar-refractivity contribution in [3.05, 3.63) is 48.2 Å². The molecule has 9 nitrogen and oxygen atoms in total. The molecule has 0 spiro atoms. The van der Waals surface area contributed by atoms with Gasteiger partial charge in [0.05, 0.1) is 11.9 Å². The van der Waals surface area contributed by atoms with Gasteiger partial charge in [-0.2, -0.15) is 4.98 Å². The van der Waals surface area contributed by atoms with Gasteiger partial charge in [0.1, 0.15) is 18.8 Å². The first-order valence-electron chi connectivity index (χ1n) is 8.59. The minimum absolute atomic E-state index is 0.112. The molecule has 2 atom stereocenters. The molecule has 0 amide bonds. The predicted molar refractivity (Wildman–Crippen MR) is 92.0 cm³/mol. The standard InChI is InChI=1S/C17H15N7O2/c1-2-5-12-11(4-1)15-19-10-23(24(15)14-8-18-9-22(12)14)17-20-16(26-21-17)13-6-3-7-25-13/h1-2,4-5,8-10,13,15H,3,6-7H2. The molecule has 130 valence electrons. The molecule has 5 heterocycles. The summed E-state index contributed by atoms with van der Waals surface area (Å²) in [4.78, 5) is 13.5. The molecule has 1 aromatic carbocycles. The van der Waals surface area contributed by atoms with Gasteiger partial charge in [-0.3, -0.25) is 4.57 Å². The van der Waals surface area contributed by atoms with Crippen molar-refractivity contribution in [2.75, 3.05) is 16.6 Å². The smallest absolute Gasteiger partial charge is 0.290 e. The summed E-state index contributed by atoms with van der Waals surface area (Å²) in [5, 5.41) is 7.96. The van der Waals surface area contributed by atoms with Crippen molar-refractivity contribution in [2.24, 2.45) is 4.99 Å². The number of aromatic nitrogens is 4. The lowest BCUT2D eigenvalue weighted by atomic mass is 10.1. The quantitative estimate of drug-likeness (QED) is 0.702. The van der Waals surface area contributed by atoms with E-state index in [0.717, 1.165) is 36.5 Å². The lowest BCUT2D eigenvalue weighted by Gasteiger charge is -2.35. The second-order valence-electron chi connectivity index (χ2n) is 6.44. The van der Waals surface area contributed by atoms with E-state index in [1.54, 1.807) is 17.7 Å². The SMILES string of the molecule is C1=NC2c3ccccc3-n3cncc3N2N1c1noc(C2CCCO2)n1. The van der Waals surface area contributed by atoms with E-state index >= 15 is 0 Å². The number of hydrogen-bond acceptors (Lipinski definition) is 8. The number of benzene rings is 1. The molecule has 0 saturated carbocycles. The van der Waals surface area contributed by atoms with E-state index < -0.39 is 0 Å². The monoisotopic (exact) mass is 349 g/mol. The van der Waals surface area contributed by atoms with Gasteiger partial charge in [0.25, 0.3) is 11.8 Å². The Morgan fingerprint density at radius 3 is 3.08 bits per heavy atom. The zero-order chi connectivity index (χ0) is 17.1. The van der Waals surface area contributed by atoms with Crippen LogP contribution < -0.4 is 10.0 Å². The molecule has 0 aliphatic carbocycles. The van der Waals surface area contributed by atoms with E-state index in [-0.39, 0.29) is 12.3 Å². The number of fused-ring (bicyclic) bond motifs is 6. The highest BCUT2D eigenvalue weighted by molar-refractivity contribution is 5.85. The van der Waals surface area contributed by atoms with Gasteiger partial charge in [0, 0.05) is 12.2 Å². The number of imidazole rings is 1. The molecular weight excluding hydrogens is 334 g/mol. The van der Waals surface area contributed by atoms with Crippen LogP contribution in [0.25, 0.3) is 5.69 Å². The molecule has 0 N–H and O–H groups in total. The van der Waals surface area contributed by atoms with Gasteiger partial charge in [0.15, 0.2) is 12.0 Å². The second kappa shape index (κ2) is 5.15. The van der Waals surface area contributed by atoms with Crippen LogP contribution in [-0.2, 0) is 4.74 Å². The molecular formula is C17H15N7O2. The fraction of sp³-hybridized carbons (Fsp3) is 0.294. The maximum atomic E-state index is 5.64. The van der Waals surface area contributed by atoms with Crippen molar-refractivity contribution in [3.63, 3.8) is 0 Å². The Hall–Kier alpha value is -3.20. The Labute approximate surface area is 148 Å². The number of nitrogens with zero attached hydrogens (tertiary/aromatic N) is 7. The Balaban J connectivity index is 1.42.